The number of likely N-dealkylation sites (N-methyl/N-ethyl adjacent to an activating group) is 1. The van der Waals surface area contributed by atoms with Crippen LogP contribution in [-0.4, -0.2) is 38.0 Å². The fourth-order valence-electron chi connectivity index (χ4n) is 1.22. The first kappa shape index (κ1) is 14.9. The zero-order valence-corrected chi connectivity index (χ0v) is 10.4. The molecule has 0 fully saturated rings. The number of nitrogens with one attached hydrogen (secondary N) is 3. The van der Waals surface area contributed by atoms with E-state index < -0.39 is 0 Å². The third kappa shape index (κ3) is 9.45. The van der Waals surface area contributed by atoms with Gasteiger partial charge in [-0.15, -0.1) is 0 Å². The number of hydrogen-bond acceptors (Lipinski definition) is 3. The number of carbonyl (C=O) groups excluding carboxylic acids is 2. The van der Waals surface area contributed by atoms with Crippen LogP contribution in [-0.2, 0) is 9.59 Å². The van der Waals surface area contributed by atoms with E-state index in [2.05, 4.69) is 16.0 Å². The maximum absolute atomic E-state index is 11.3. The van der Waals surface area contributed by atoms with Crippen LogP contribution < -0.4 is 16.0 Å². The second-order valence-electron chi connectivity index (χ2n) is 4.03. The van der Waals surface area contributed by atoms with Gasteiger partial charge in [-0.25, -0.2) is 0 Å². The Labute approximate surface area is 97.4 Å². The van der Waals surface area contributed by atoms with Crippen LogP contribution in [0.25, 0.3) is 0 Å². The van der Waals surface area contributed by atoms with E-state index in [-0.39, 0.29) is 17.9 Å². The molecule has 0 aromatic rings. The zero-order chi connectivity index (χ0) is 12.4. The molecular formula is C11H23N3O2. The van der Waals surface area contributed by atoms with Crippen molar-refractivity contribution < 1.29 is 9.59 Å². The molecule has 16 heavy (non-hydrogen) atoms. The Morgan fingerprint density at radius 3 is 2.25 bits per heavy atom. The molecule has 0 aliphatic carbocycles. The number of rotatable bonds is 8. The van der Waals surface area contributed by atoms with Crippen molar-refractivity contribution in [3.05, 3.63) is 0 Å². The quantitative estimate of drug-likeness (QED) is 0.514. The highest BCUT2D eigenvalue weighted by Gasteiger charge is 2.05. The molecule has 0 aliphatic rings. The van der Waals surface area contributed by atoms with Gasteiger partial charge in [0, 0.05) is 32.0 Å². The topological polar surface area (TPSA) is 70.2 Å². The predicted molar refractivity (Wildman–Crippen MR) is 64.1 cm³/mol. The average molecular weight is 229 g/mol. The smallest absolute Gasteiger partial charge is 0.220 e. The minimum Gasteiger partial charge on any atom is -0.355 e. The molecule has 0 bridgehead atoms. The van der Waals surface area contributed by atoms with E-state index in [1.807, 2.05) is 20.9 Å². The summed E-state index contributed by atoms with van der Waals surface area (Å²) in [6.07, 6.45) is 1.43. The molecule has 0 radical (unpaired) electrons. The first-order chi connectivity index (χ1) is 7.56. The maximum atomic E-state index is 11.3. The normalized spacial score (nSPS) is 10.2. The van der Waals surface area contributed by atoms with Crippen molar-refractivity contribution in [3.8, 4) is 0 Å². The van der Waals surface area contributed by atoms with Crippen LogP contribution in [0.1, 0.15) is 33.1 Å². The van der Waals surface area contributed by atoms with E-state index in [0.29, 0.717) is 25.8 Å². The third-order valence-corrected chi connectivity index (χ3v) is 1.95. The van der Waals surface area contributed by atoms with Gasteiger partial charge in [-0.05, 0) is 27.3 Å². The molecule has 3 N–H and O–H groups in total. The summed E-state index contributed by atoms with van der Waals surface area (Å²) in [5.74, 6) is 0.0191. The van der Waals surface area contributed by atoms with Crippen molar-refractivity contribution in [1.82, 2.24) is 16.0 Å². The highest BCUT2D eigenvalue weighted by atomic mass is 16.2. The highest BCUT2D eigenvalue weighted by molar-refractivity contribution is 5.78. The van der Waals surface area contributed by atoms with Crippen molar-refractivity contribution in [2.24, 2.45) is 0 Å². The van der Waals surface area contributed by atoms with Gasteiger partial charge in [0.15, 0.2) is 0 Å². The van der Waals surface area contributed by atoms with Crippen LogP contribution in [0, 0.1) is 0 Å². The molecule has 5 nitrogen and oxygen atoms in total. The molecule has 0 rings (SSSR count). The third-order valence-electron chi connectivity index (χ3n) is 1.95. The van der Waals surface area contributed by atoms with Crippen LogP contribution in [0.5, 0.6) is 0 Å². The lowest BCUT2D eigenvalue weighted by molar-refractivity contribution is -0.122. The van der Waals surface area contributed by atoms with E-state index >= 15 is 0 Å². The van der Waals surface area contributed by atoms with Gasteiger partial charge < -0.3 is 16.0 Å². The van der Waals surface area contributed by atoms with Crippen molar-refractivity contribution in [2.45, 2.75) is 39.2 Å². The summed E-state index contributed by atoms with van der Waals surface area (Å²) in [5.41, 5.74) is 0. The SMILES string of the molecule is CNCCNC(=O)CCCC(=O)NC(C)C. The molecule has 0 atom stereocenters. The largest absolute Gasteiger partial charge is 0.355 e. The molecule has 2 amide bonds. The average Bonchev–Trinajstić information content (AvgIpc) is 2.17. The number of amides is 2. The lowest BCUT2D eigenvalue weighted by Gasteiger charge is -2.08. The molecule has 0 aliphatic heterocycles. The van der Waals surface area contributed by atoms with Gasteiger partial charge in [0.2, 0.25) is 11.8 Å². The van der Waals surface area contributed by atoms with Gasteiger partial charge in [-0.1, -0.05) is 0 Å². The van der Waals surface area contributed by atoms with Gasteiger partial charge in [-0.3, -0.25) is 9.59 Å². The van der Waals surface area contributed by atoms with E-state index in [4.69, 9.17) is 0 Å². The van der Waals surface area contributed by atoms with Crippen LogP contribution in [0.4, 0.5) is 0 Å². The maximum Gasteiger partial charge on any atom is 0.220 e. The highest BCUT2D eigenvalue weighted by Crippen LogP contribution is 1.95. The number of carbonyl (C=O) groups is 2. The molecule has 0 saturated carbocycles. The van der Waals surface area contributed by atoms with Crippen molar-refractivity contribution >= 4 is 11.8 Å². The van der Waals surface area contributed by atoms with Crippen LogP contribution in [0.2, 0.25) is 0 Å². The fraction of sp³-hybridized carbons (Fsp3) is 0.818. The van der Waals surface area contributed by atoms with Gasteiger partial charge in [-0.2, -0.15) is 0 Å². The second-order valence-corrected chi connectivity index (χ2v) is 4.03. The predicted octanol–water partition coefficient (Wildman–Crippen LogP) is 0.0169. The Morgan fingerprint density at radius 1 is 1.06 bits per heavy atom. The molecular weight excluding hydrogens is 206 g/mol. The van der Waals surface area contributed by atoms with Gasteiger partial charge in [0.05, 0.1) is 0 Å². The Bertz CT molecular complexity index is 217. The summed E-state index contributed by atoms with van der Waals surface area (Å²) in [7, 11) is 1.84. The standard InChI is InChI=1S/C11H23N3O2/c1-9(2)14-11(16)6-4-5-10(15)13-8-7-12-3/h9,12H,4-8H2,1-3H3,(H,13,15)(H,14,16). The van der Waals surface area contributed by atoms with Crippen molar-refractivity contribution in [1.29, 1.82) is 0 Å². The summed E-state index contributed by atoms with van der Waals surface area (Å²) >= 11 is 0. The van der Waals surface area contributed by atoms with E-state index in [0.717, 1.165) is 6.54 Å². The van der Waals surface area contributed by atoms with E-state index in [9.17, 15) is 9.59 Å². The first-order valence-corrected chi connectivity index (χ1v) is 5.77. The van der Waals surface area contributed by atoms with E-state index in [1.54, 1.807) is 0 Å². The molecule has 0 aromatic heterocycles. The lowest BCUT2D eigenvalue weighted by Crippen LogP contribution is -2.31. The van der Waals surface area contributed by atoms with Gasteiger partial charge in [0.1, 0.15) is 0 Å². The molecule has 5 heteroatoms. The Kier molecular flexibility index (Phi) is 8.52. The van der Waals surface area contributed by atoms with Gasteiger partial charge in [0.25, 0.3) is 0 Å². The minimum absolute atomic E-state index is 0.00703. The number of hydrogen-bond donors (Lipinski definition) is 3. The first-order valence-electron chi connectivity index (χ1n) is 5.77. The Balaban J connectivity index is 3.43. The molecule has 0 spiro atoms. The van der Waals surface area contributed by atoms with E-state index in [1.165, 1.54) is 0 Å². The molecule has 0 heterocycles. The van der Waals surface area contributed by atoms with Crippen molar-refractivity contribution in [2.75, 3.05) is 20.1 Å². The van der Waals surface area contributed by atoms with Crippen molar-refractivity contribution in [3.63, 3.8) is 0 Å². The monoisotopic (exact) mass is 229 g/mol. The van der Waals surface area contributed by atoms with Crippen LogP contribution in [0.15, 0.2) is 0 Å². The Morgan fingerprint density at radius 2 is 1.69 bits per heavy atom. The molecule has 94 valence electrons. The zero-order valence-electron chi connectivity index (χ0n) is 10.4. The van der Waals surface area contributed by atoms with Crippen LogP contribution >= 0.6 is 0 Å². The summed E-state index contributed by atoms with van der Waals surface area (Å²) in [6.45, 7) is 5.23. The second kappa shape index (κ2) is 9.15. The molecule has 0 unspecified atom stereocenters. The summed E-state index contributed by atoms with van der Waals surface area (Å²) in [4.78, 5) is 22.5. The summed E-state index contributed by atoms with van der Waals surface area (Å²) in [6, 6.07) is 0.164. The summed E-state index contributed by atoms with van der Waals surface area (Å²) in [5, 5.41) is 8.49. The minimum atomic E-state index is 0.00703. The van der Waals surface area contributed by atoms with Gasteiger partial charge >= 0.3 is 0 Å². The lowest BCUT2D eigenvalue weighted by atomic mass is 10.2. The van der Waals surface area contributed by atoms with Crippen LogP contribution in [0.3, 0.4) is 0 Å². The Hall–Kier alpha value is -1.10. The summed E-state index contributed by atoms with van der Waals surface area (Å²) < 4.78 is 0. The fourth-order valence-corrected chi connectivity index (χ4v) is 1.22. The molecule has 0 aromatic carbocycles. The molecule has 0 saturated heterocycles.